The molecule has 1 aliphatic rings. The van der Waals surface area contributed by atoms with E-state index >= 15 is 0 Å². The van der Waals surface area contributed by atoms with E-state index in [-0.39, 0.29) is 18.6 Å². The monoisotopic (exact) mass is 247 g/mol. The van der Waals surface area contributed by atoms with Gasteiger partial charge < -0.3 is 15.2 Å². The second kappa shape index (κ2) is 5.91. The maximum atomic E-state index is 9.71. The van der Waals surface area contributed by atoms with E-state index in [1.807, 2.05) is 31.3 Å². The summed E-state index contributed by atoms with van der Waals surface area (Å²) in [4.78, 5) is 0. The zero-order valence-corrected chi connectivity index (χ0v) is 11.0. The second-order valence-electron chi connectivity index (χ2n) is 4.63. The van der Waals surface area contributed by atoms with Gasteiger partial charge in [0.05, 0.1) is 13.7 Å². The number of benzene rings is 1. The molecule has 1 aromatic carbocycles. The summed E-state index contributed by atoms with van der Waals surface area (Å²) < 4.78 is 5.44. The van der Waals surface area contributed by atoms with Crippen molar-refractivity contribution in [2.75, 3.05) is 13.7 Å². The van der Waals surface area contributed by atoms with Crippen molar-refractivity contribution in [1.29, 1.82) is 0 Å². The van der Waals surface area contributed by atoms with Crippen molar-refractivity contribution < 1.29 is 9.84 Å². The SMILES string of the molecule is C/C=C\NC1CCc2cccc(OC)c2C1CO. The Balaban J connectivity index is 2.35. The molecular weight excluding hydrogens is 226 g/mol. The summed E-state index contributed by atoms with van der Waals surface area (Å²) in [6.07, 6.45) is 5.99. The lowest BCUT2D eigenvalue weighted by atomic mass is 9.79. The van der Waals surface area contributed by atoms with Gasteiger partial charge >= 0.3 is 0 Å². The van der Waals surface area contributed by atoms with Crippen LogP contribution in [0.25, 0.3) is 0 Å². The normalized spacial score (nSPS) is 22.8. The molecule has 98 valence electrons. The van der Waals surface area contributed by atoms with E-state index < -0.39 is 0 Å². The van der Waals surface area contributed by atoms with Crippen molar-refractivity contribution in [1.82, 2.24) is 5.32 Å². The smallest absolute Gasteiger partial charge is 0.122 e. The molecule has 0 amide bonds. The van der Waals surface area contributed by atoms with E-state index in [1.165, 1.54) is 5.56 Å². The lowest BCUT2D eigenvalue weighted by molar-refractivity contribution is 0.226. The summed E-state index contributed by atoms with van der Waals surface area (Å²) >= 11 is 0. The molecule has 1 aliphatic carbocycles. The predicted octanol–water partition coefficient (Wildman–Crippen LogP) is 2.21. The van der Waals surface area contributed by atoms with E-state index in [1.54, 1.807) is 7.11 Å². The van der Waals surface area contributed by atoms with Gasteiger partial charge in [0.2, 0.25) is 0 Å². The van der Waals surface area contributed by atoms with Gasteiger partial charge in [-0.1, -0.05) is 18.2 Å². The number of methoxy groups -OCH3 is 1. The number of hydrogen-bond donors (Lipinski definition) is 2. The van der Waals surface area contributed by atoms with Crippen molar-refractivity contribution >= 4 is 0 Å². The van der Waals surface area contributed by atoms with Gasteiger partial charge in [0.1, 0.15) is 5.75 Å². The molecular formula is C15H21NO2. The number of nitrogens with one attached hydrogen (secondary N) is 1. The molecule has 18 heavy (non-hydrogen) atoms. The minimum Gasteiger partial charge on any atom is -0.496 e. The van der Waals surface area contributed by atoms with Crippen LogP contribution in [0.4, 0.5) is 0 Å². The summed E-state index contributed by atoms with van der Waals surface area (Å²) in [7, 11) is 1.69. The van der Waals surface area contributed by atoms with E-state index in [9.17, 15) is 5.11 Å². The zero-order chi connectivity index (χ0) is 13.0. The van der Waals surface area contributed by atoms with Crippen LogP contribution in [0.2, 0.25) is 0 Å². The second-order valence-corrected chi connectivity index (χ2v) is 4.63. The molecule has 1 aromatic rings. The Morgan fingerprint density at radius 3 is 3.00 bits per heavy atom. The third kappa shape index (κ3) is 2.36. The Hall–Kier alpha value is -1.48. The fourth-order valence-corrected chi connectivity index (χ4v) is 2.76. The molecule has 2 N–H and O–H groups in total. The minimum absolute atomic E-state index is 0.0982. The third-order valence-corrected chi connectivity index (χ3v) is 3.63. The van der Waals surface area contributed by atoms with Crippen LogP contribution in [0.3, 0.4) is 0 Å². The molecule has 0 saturated carbocycles. The number of hydrogen-bond acceptors (Lipinski definition) is 3. The molecule has 0 fully saturated rings. The Morgan fingerprint density at radius 2 is 2.33 bits per heavy atom. The van der Waals surface area contributed by atoms with Crippen molar-refractivity contribution in [3.63, 3.8) is 0 Å². The van der Waals surface area contributed by atoms with Gasteiger partial charge in [-0.2, -0.15) is 0 Å². The molecule has 0 saturated heterocycles. The highest BCUT2D eigenvalue weighted by atomic mass is 16.5. The topological polar surface area (TPSA) is 41.5 Å². The standard InChI is InChI=1S/C15H21NO2/c1-3-9-16-13-8-7-11-5-4-6-14(18-2)15(11)12(13)10-17/h3-6,9,12-13,16-17H,7-8,10H2,1-2H3/b9-3-. The number of rotatable bonds is 4. The number of fused-ring (bicyclic) bond motifs is 1. The molecule has 2 atom stereocenters. The lowest BCUT2D eigenvalue weighted by Gasteiger charge is -2.33. The average molecular weight is 247 g/mol. The van der Waals surface area contributed by atoms with Crippen LogP contribution in [0.15, 0.2) is 30.5 Å². The van der Waals surface area contributed by atoms with E-state index in [0.717, 1.165) is 24.2 Å². The zero-order valence-electron chi connectivity index (χ0n) is 11.0. The molecule has 0 aliphatic heterocycles. The van der Waals surface area contributed by atoms with Crippen LogP contribution in [-0.2, 0) is 6.42 Å². The maximum absolute atomic E-state index is 9.71. The molecule has 0 aromatic heterocycles. The first-order valence-corrected chi connectivity index (χ1v) is 6.45. The Labute approximate surface area is 108 Å². The number of aryl methyl sites for hydroxylation is 1. The van der Waals surface area contributed by atoms with Crippen LogP contribution in [0, 0.1) is 0 Å². The minimum atomic E-state index is 0.0982. The molecule has 0 bridgehead atoms. The van der Waals surface area contributed by atoms with Gasteiger partial charge in [0.25, 0.3) is 0 Å². The highest BCUT2D eigenvalue weighted by Crippen LogP contribution is 2.37. The molecule has 3 heteroatoms. The number of aliphatic hydroxyl groups is 1. The summed E-state index contributed by atoms with van der Waals surface area (Å²) in [5.41, 5.74) is 2.46. The van der Waals surface area contributed by atoms with Gasteiger partial charge in [0, 0.05) is 17.5 Å². The highest BCUT2D eigenvalue weighted by Gasteiger charge is 2.30. The van der Waals surface area contributed by atoms with Gasteiger partial charge in [-0.3, -0.25) is 0 Å². The lowest BCUT2D eigenvalue weighted by Crippen LogP contribution is -2.37. The van der Waals surface area contributed by atoms with Crippen LogP contribution >= 0.6 is 0 Å². The van der Waals surface area contributed by atoms with Gasteiger partial charge in [-0.15, -0.1) is 0 Å². The molecule has 0 radical (unpaired) electrons. The summed E-state index contributed by atoms with van der Waals surface area (Å²) in [6.45, 7) is 2.13. The van der Waals surface area contributed by atoms with Crippen LogP contribution in [0.1, 0.15) is 30.4 Å². The number of allylic oxidation sites excluding steroid dienone is 1. The Kier molecular flexibility index (Phi) is 4.26. The van der Waals surface area contributed by atoms with Crippen molar-refractivity contribution in [2.24, 2.45) is 0 Å². The Bertz CT molecular complexity index is 414. The molecule has 0 heterocycles. The summed E-state index contributed by atoms with van der Waals surface area (Å²) in [5, 5.41) is 13.1. The number of ether oxygens (including phenoxy) is 1. The fourth-order valence-electron chi connectivity index (χ4n) is 2.76. The summed E-state index contributed by atoms with van der Waals surface area (Å²) in [6, 6.07) is 6.40. The van der Waals surface area contributed by atoms with Gasteiger partial charge in [-0.05, 0) is 37.6 Å². The fraction of sp³-hybridized carbons (Fsp3) is 0.467. The van der Waals surface area contributed by atoms with E-state index in [4.69, 9.17) is 4.74 Å². The highest BCUT2D eigenvalue weighted by molar-refractivity contribution is 5.45. The average Bonchev–Trinajstić information content (AvgIpc) is 2.43. The summed E-state index contributed by atoms with van der Waals surface area (Å²) in [5.74, 6) is 0.986. The van der Waals surface area contributed by atoms with E-state index in [0.29, 0.717) is 0 Å². The van der Waals surface area contributed by atoms with Gasteiger partial charge in [-0.25, -0.2) is 0 Å². The first-order valence-electron chi connectivity index (χ1n) is 6.45. The van der Waals surface area contributed by atoms with Crippen LogP contribution in [-0.4, -0.2) is 24.9 Å². The first-order chi connectivity index (χ1) is 8.81. The van der Waals surface area contributed by atoms with Crippen LogP contribution < -0.4 is 10.1 Å². The maximum Gasteiger partial charge on any atom is 0.122 e. The quantitative estimate of drug-likeness (QED) is 0.857. The molecule has 2 rings (SSSR count). The van der Waals surface area contributed by atoms with Crippen molar-refractivity contribution in [3.05, 3.63) is 41.6 Å². The largest absolute Gasteiger partial charge is 0.496 e. The third-order valence-electron chi connectivity index (χ3n) is 3.63. The number of aliphatic hydroxyl groups excluding tert-OH is 1. The van der Waals surface area contributed by atoms with Crippen molar-refractivity contribution in [2.45, 2.75) is 31.7 Å². The van der Waals surface area contributed by atoms with E-state index in [2.05, 4.69) is 11.4 Å². The Morgan fingerprint density at radius 1 is 1.50 bits per heavy atom. The molecule has 3 nitrogen and oxygen atoms in total. The van der Waals surface area contributed by atoms with Crippen molar-refractivity contribution in [3.8, 4) is 5.75 Å². The van der Waals surface area contributed by atoms with Crippen LogP contribution in [0.5, 0.6) is 5.75 Å². The molecule has 0 spiro atoms. The predicted molar refractivity (Wildman–Crippen MR) is 72.9 cm³/mol. The first kappa shape index (κ1) is 13.0. The molecule has 2 unspecified atom stereocenters. The van der Waals surface area contributed by atoms with Gasteiger partial charge in [0.15, 0.2) is 0 Å².